The molecule has 0 radical (unpaired) electrons. The van der Waals surface area contributed by atoms with Crippen LogP contribution >= 0.6 is 11.6 Å². The summed E-state index contributed by atoms with van der Waals surface area (Å²) in [6, 6.07) is 6.16. The number of rotatable bonds is 11. The lowest BCUT2D eigenvalue weighted by Gasteiger charge is -2.35. The van der Waals surface area contributed by atoms with E-state index in [0.29, 0.717) is 21.0 Å². The summed E-state index contributed by atoms with van der Waals surface area (Å²) in [4.78, 5) is 37.5. The third-order valence-corrected chi connectivity index (χ3v) is 9.28. The number of hydrogen-bond acceptors (Lipinski definition) is 8. The molecule has 0 bridgehead atoms. The highest BCUT2D eigenvalue weighted by Crippen LogP contribution is 2.49. The Balaban J connectivity index is 1.43. The average Bonchev–Trinajstić information content (AvgIpc) is 3.42. The monoisotopic (exact) mass is 714 g/mol. The summed E-state index contributed by atoms with van der Waals surface area (Å²) in [5.74, 6) is -4.34. The molecule has 3 heterocycles. The summed E-state index contributed by atoms with van der Waals surface area (Å²) in [5.41, 5.74) is 3.66. The molecule has 50 heavy (non-hydrogen) atoms. The lowest BCUT2D eigenvalue weighted by Crippen LogP contribution is -2.47. The van der Waals surface area contributed by atoms with Gasteiger partial charge in [-0.05, 0) is 47.8 Å². The highest BCUT2D eigenvalue weighted by Gasteiger charge is 2.55. The summed E-state index contributed by atoms with van der Waals surface area (Å²) < 4.78 is 65.9. The Kier molecular flexibility index (Phi) is 8.99. The number of halogens is 5. The lowest BCUT2D eigenvalue weighted by molar-refractivity contribution is -0.148. The number of carbonyl (C=O) groups excluding carboxylic acids is 2. The van der Waals surface area contributed by atoms with Gasteiger partial charge in [-0.2, -0.15) is 19.0 Å². The van der Waals surface area contributed by atoms with Crippen LogP contribution in [0.5, 0.6) is 0 Å². The van der Waals surface area contributed by atoms with Gasteiger partial charge in [0.25, 0.3) is 5.91 Å². The van der Waals surface area contributed by atoms with Crippen LogP contribution in [0, 0.1) is 22.5 Å². The Labute approximate surface area is 290 Å². The molecule has 4 aromatic rings. The second kappa shape index (κ2) is 12.8. The van der Waals surface area contributed by atoms with Crippen molar-refractivity contribution >= 4 is 29.4 Å². The number of nitrogens with two attached hydrogens (primary N) is 1. The highest BCUT2D eigenvalue weighted by molar-refractivity contribution is 6.32. The summed E-state index contributed by atoms with van der Waals surface area (Å²) in [6.45, 7) is 4.07. The molecule has 6 rings (SSSR count). The van der Waals surface area contributed by atoms with Crippen LogP contribution in [0.25, 0.3) is 16.8 Å². The van der Waals surface area contributed by atoms with Crippen molar-refractivity contribution in [3.8, 4) is 16.8 Å². The normalized spacial score (nSPS) is 19.2. The van der Waals surface area contributed by atoms with E-state index in [1.54, 1.807) is 39.0 Å². The number of guanidine groups is 1. The number of benzene rings is 2. The van der Waals surface area contributed by atoms with Crippen LogP contribution in [0.4, 0.5) is 17.6 Å². The first kappa shape index (κ1) is 35.1. The molecule has 11 nitrogen and oxygen atoms in total. The lowest BCUT2D eigenvalue weighted by atomic mass is 9.75. The number of ether oxygens (including phenoxy) is 1. The Morgan fingerprint density at radius 3 is 2.48 bits per heavy atom. The van der Waals surface area contributed by atoms with Crippen molar-refractivity contribution in [2.45, 2.75) is 71.5 Å². The van der Waals surface area contributed by atoms with Crippen LogP contribution in [-0.4, -0.2) is 53.9 Å². The highest BCUT2D eigenvalue weighted by atomic mass is 35.5. The first-order valence-electron chi connectivity index (χ1n) is 15.8. The molecule has 1 amide bonds. The van der Waals surface area contributed by atoms with Gasteiger partial charge in [0.05, 0.1) is 29.4 Å². The molecule has 2 atom stereocenters. The van der Waals surface area contributed by atoms with Gasteiger partial charge in [0.15, 0.2) is 23.1 Å². The van der Waals surface area contributed by atoms with Crippen LogP contribution in [0.2, 0.25) is 5.02 Å². The molecule has 2 aromatic heterocycles. The van der Waals surface area contributed by atoms with E-state index in [1.165, 1.54) is 29.5 Å². The van der Waals surface area contributed by atoms with E-state index in [2.05, 4.69) is 20.2 Å². The minimum Gasteiger partial charge on any atom is -0.463 e. The minimum atomic E-state index is -2.98. The molecular weight excluding hydrogens is 680 g/mol. The topological polar surface area (TPSA) is 134 Å². The van der Waals surface area contributed by atoms with E-state index in [9.17, 15) is 18.4 Å². The van der Waals surface area contributed by atoms with Gasteiger partial charge in [-0.15, -0.1) is 0 Å². The van der Waals surface area contributed by atoms with Gasteiger partial charge in [0, 0.05) is 22.9 Å². The zero-order valence-corrected chi connectivity index (χ0v) is 28.5. The van der Waals surface area contributed by atoms with Crippen molar-refractivity contribution in [2.24, 2.45) is 21.6 Å². The van der Waals surface area contributed by atoms with Crippen LogP contribution in [0.1, 0.15) is 77.1 Å². The number of alkyl halides is 2. The largest absolute Gasteiger partial charge is 0.463 e. The quantitative estimate of drug-likeness (QED) is 0.135. The van der Waals surface area contributed by atoms with Crippen molar-refractivity contribution in [1.29, 1.82) is 0 Å². The van der Waals surface area contributed by atoms with E-state index >= 15 is 8.78 Å². The fourth-order valence-corrected chi connectivity index (χ4v) is 6.46. The van der Waals surface area contributed by atoms with Crippen molar-refractivity contribution in [3.63, 3.8) is 0 Å². The number of carbonyl (C=O) groups is 2. The third-order valence-electron chi connectivity index (χ3n) is 8.96. The molecule has 0 unspecified atom stereocenters. The molecule has 264 valence electrons. The van der Waals surface area contributed by atoms with E-state index in [1.807, 2.05) is 6.92 Å². The summed E-state index contributed by atoms with van der Waals surface area (Å²) in [7, 11) is 0. The summed E-state index contributed by atoms with van der Waals surface area (Å²) in [5, 5.41) is 7.96. The number of amides is 1. The Bertz CT molecular complexity index is 1970. The smallest absolute Gasteiger partial charge is 0.333 e. The summed E-state index contributed by atoms with van der Waals surface area (Å²) >= 11 is 6.50. The van der Waals surface area contributed by atoms with Gasteiger partial charge in [-0.3, -0.25) is 14.5 Å². The number of hydrogen-bond donors (Lipinski definition) is 1. The van der Waals surface area contributed by atoms with Crippen LogP contribution in [-0.2, 0) is 19.9 Å². The molecule has 1 fully saturated rings. The fourth-order valence-electron chi connectivity index (χ4n) is 6.26. The number of aromatic nitrogens is 5. The predicted molar refractivity (Wildman–Crippen MR) is 175 cm³/mol. The molecule has 2 N–H and O–H groups in total. The first-order valence-corrected chi connectivity index (χ1v) is 16.2. The maximum Gasteiger partial charge on any atom is 0.333 e. The van der Waals surface area contributed by atoms with Gasteiger partial charge in [-0.25, -0.2) is 28.1 Å². The molecule has 2 aliphatic rings. The van der Waals surface area contributed by atoms with Gasteiger partial charge in [0.2, 0.25) is 0 Å². The second-order valence-corrected chi connectivity index (χ2v) is 14.7. The van der Waals surface area contributed by atoms with Crippen LogP contribution in [0.15, 0.2) is 60.4 Å². The van der Waals surface area contributed by atoms with Gasteiger partial charge in [-0.1, -0.05) is 57.5 Å². The second-order valence-electron chi connectivity index (χ2n) is 14.3. The molecule has 1 aliphatic heterocycles. The third kappa shape index (κ3) is 6.70. The van der Waals surface area contributed by atoms with E-state index in [0.717, 1.165) is 30.1 Å². The first-order chi connectivity index (χ1) is 23.5. The molecule has 1 saturated carbocycles. The van der Waals surface area contributed by atoms with Crippen molar-refractivity contribution in [1.82, 2.24) is 29.4 Å². The predicted octanol–water partition coefficient (Wildman–Crippen LogP) is 6.72. The maximum absolute atomic E-state index is 16.3. The maximum atomic E-state index is 16.3. The van der Waals surface area contributed by atoms with Gasteiger partial charge >= 0.3 is 12.5 Å². The molecule has 0 spiro atoms. The number of esters is 1. The van der Waals surface area contributed by atoms with E-state index < -0.39 is 52.6 Å². The molecule has 2 aromatic carbocycles. The SMILES string of the molecule is CC(C)(C)C[C@]1(c2ccc(-c3cnn(C(F)F)c3)c(F)c2F)N=C(N)N([C@H](COC(=O)CC2(C)CC2)c2ccc(Cl)c(-n3cncn3)c2)C1=O. The van der Waals surface area contributed by atoms with Crippen molar-refractivity contribution in [2.75, 3.05) is 6.61 Å². The minimum absolute atomic E-state index is 0.0895. The molecule has 0 saturated heterocycles. The zero-order valence-electron chi connectivity index (χ0n) is 27.7. The van der Waals surface area contributed by atoms with E-state index in [-0.39, 0.29) is 41.9 Å². The van der Waals surface area contributed by atoms with E-state index in [4.69, 9.17) is 22.1 Å². The number of aliphatic imine (C=N–C) groups is 1. The van der Waals surface area contributed by atoms with Crippen LogP contribution in [0.3, 0.4) is 0 Å². The fraction of sp³-hybridized carbons (Fsp3) is 0.412. The van der Waals surface area contributed by atoms with Gasteiger partial charge in [0.1, 0.15) is 19.3 Å². The van der Waals surface area contributed by atoms with Gasteiger partial charge < -0.3 is 10.5 Å². The molecular formula is C34H35ClF4N8O3. The van der Waals surface area contributed by atoms with Crippen molar-refractivity contribution in [3.05, 3.63) is 83.2 Å². The Morgan fingerprint density at radius 1 is 1.12 bits per heavy atom. The Morgan fingerprint density at radius 2 is 1.86 bits per heavy atom. The number of nitrogens with zero attached hydrogens (tertiary/aromatic N) is 7. The zero-order chi connectivity index (χ0) is 36.2. The standard InChI is InChI=1S/C34H35ClF4N8O3/c1-32(2,3)16-34(22-7-6-21(27(36)28(22)37)20-13-42-45(14-20)30(38)39)29(49)47(31(40)44-34)25(15-50-26(48)12-33(4)9-10-33)19-5-8-23(35)24(11-19)46-18-41-17-43-46/h5-8,11,13-14,17-18,25,30H,9-10,12,15-16H2,1-4H3,(H2,40,44)/t25-,34-/m1/s1. The molecule has 16 heteroatoms. The summed E-state index contributed by atoms with van der Waals surface area (Å²) in [6.07, 6.45) is 6.48. The van der Waals surface area contributed by atoms with Crippen LogP contribution < -0.4 is 5.73 Å². The van der Waals surface area contributed by atoms with Crippen molar-refractivity contribution < 1.29 is 31.9 Å². The Hall–Kier alpha value is -4.79. The molecule has 1 aliphatic carbocycles. The average molecular weight is 715 g/mol.